The highest BCUT2D eigenvalue weighted by Crippen LogP contribution is 2.15. The van der Waals surface area contributed by atoms with E-state index in [9.17, 15) is 0 Å². The first-order valence-electron chi connectivity index (χ1n) is 7.47. The van der Waals surface area contributed by atoms with Crippen molar-refractivity contribution >= 4 is 17.2 Å². The lowest BCUT2D eigenvalue weighted by Gasteiger charge is -2.31. The second kappa shape index (κ2) is 8.32. The van der Waals surface area contributed by atoms with Crippen LogP contribution in [0.2, 0.25) is 0 Å². The highest BCUT2D eigenvalue weighted by Gasteiger charge is 2.17. The smallest absolute Gasteiger partial charge is 0.119 e. The lowest BCUT2D eigenvalue weighted by molar-refractivity contribution is 0.0398. The molecule has 5 heteroatoms. The lowest BCUT2D eigenvalue weighted by atomic mass is 10.1. The number of benzene rings is 1. The van der Waals surface area contributed by atoms with Gasteiger partial charge in [-0.1, -0.05) is 24.4 Å². The molecular weight excluding hydrogens is 284 g/mol. The Morgan fingerprint density at radius 3 is 2.81 bits per heavy atom. The number of nitrogens with two attached hydrogens (primary N) is 1. The van der Waals surface area contributed by atoms with Gasteiger partial charge in [-0.2, -0.15) is 0 Å². The first kappa shape index (κ1) is 16.2. The molecule has 0 spiro atoms. The fourth-order valence-electron chi connectivity index (χ4n) is 2.59. The van der Waals surface area contributed by atoms with Gasteiger partial charge in [0, 0.05) is 32.3 Å². The van der Waals surface area contributed by atoms with Crippen LogP contribution in [0.1, 0.15) is 24.8 Å². The second-order valence-electron chi connectivity index (χ2n) is 5.37. The molecule has 0 aromatic heterocycles. The third kappa shape index (κ3) is 5.26. The number of methoxy groups -OCH3 is 1. The largest absolute Gasteiger partial charge is 0.494 e. The van der Waals surface area contributed by atoms with Gasteiger partial charge >= 0.3 is 0 Å². The standard InChI is InChI=1S/C16H24N2O2S/c1-19-14-6-9-18(10-7-14)8-3-11-20-15-5-2-4-13(12-15)16(17)21/h2,4-5,12,14H,3,6-11H2,1H3,(H2,17,21). The summed E-state index contributed by atoms with van der Waals surface area (Å²) in [7, 11) is 1.80. The van der Waals surface area contributed by atoms with Gasteiger partial charge in [0.15, 0.2) is 0 Å². The van der Waals surface area contributed by atoms with Crippen molar-refractivity contribution in [3.63, 3.8) is 0 Å². The van der Waals surface area contributed by atoms with Crippen molar-refractivity contribution in [2.24, 2.45) is 5.73 Å². The van der Waals surface area contributed by atoms with E-state index in [0.29, 0.717) is 17.7 Å². The van der Waals surface area contributed by atoms with Gasteiger partial charge in [0.25, 0.3) is 0 Å². The van der Waals surface area contributed by atoms with Crippen LogP contribution in [0.15, 0.2) is 24.3 Å². The van der Waals surface area contributed by atoms with E-state index in [0.717, 1.165) is 50.2 Å². The molecule has 21 heavy (non-hydrogen) atoms. The fourth-order valence-corrected chi connectivity index (χ4v) is 2.71. The van der Waals surface area contributed by atoms with Crippen molar-refractivity contribution in [2.45, 2.75) is 25.4 Å². The summed E-state index contributed by atoms with van der Waals surface area (Å²) >= 11 is 4.97. The van der Waals surface area contributed by atoms with Crippen LogP contribution in [-0.2, 0) is 4.74 Å². The molecule has 1 heterocycles. The topological polar surface area (TPSA) is 47.7 Å². The van der Waals surface area contributed by atoms with Crippen molar-refractivity contribution in [2.75, 3.05) is 33.4 Å². The molecule has 0 saturated carbocycles. The van der Waals surface area contributed by atoms with E-state index in [4.69, 9.17) is 27.4 Å². The van der Waals surface area contributed by atoms with Crippen molar-refractivity contribution < 1.29 is 9.47 Å². The number of nitrogens with zero attached hydrogens (tertiary/aromatic N) is 1. The van der Waals surface area contributed by atoms with E-state index in [1.54, 1.807) is 7.11 Å². The Hall–Kier alpha value is -1.17. The minimum Gasteiger partial charge on any atom is -0.494 e. The monoisotopic (exact) mass is 308 g/mol. The van der Waals surface area contributed by atoms with Gasteiger partial charge in [0.1, 0.15) is 10.7 Å². The molecule has 1 aliphatic heterocycles. The number of hydrogen-bond acceptors (Lipinski definition) is 4. The zero-order valence-electron chi connectivity index (χ0n) is 12.6. The molecule has 2 rings (SSSR count). The fraction of sp³-hybridized carbons (Fsp3) is 0.562. The summed E-state index contributed by atoms with van der Waals surface area (Å²) < 4.78 is 11.1. The van der Waals surface area contributed by atoms with Gasteiger partial charge in [-0.25, -0.2) is 0 Å². The minimum absolute atomic E-state index is 0.404. The van der Waals surface area contributed by atoms with E-state index < -0.39 is 0 Å². The highest BCUT2D eigenvalue weighted by molar-refractivity contribution is 7.80. The van der Waals surface area contributed by atoms with Crippen LogP contribution < -0.4 is 10.5 Å². The predicted octanol–water partition coefficient (Wildman–Crippen LogP) is 2.20. The van der Waals surface area contributed by atoms with Gasteiger partial charge in [0.05, 0.1) is 12.7 Å². The first-order valence-corrected chi connectivity index (χ1v) is 7.87. The van der Waals surface area contributed by atoms with Crippen molar-refractivity contribution in [3.8, 4) is 5.75 Å². The maximum absolute atomic E-state index is 5.76. The van der Waals surface area contributed by atoms with Crippen LogP contribution >= 0.6 is 12.2 Å². The number of likely N-dealkylation sites (tertiary alicyclic amines) is 1. The van der Waals surface area contributed by atoms with Crippen LogP contribution in [-0.4, -0.2) is 49.3 Å². The summed E-state index contributed by atoms with van der Waals surface area (Å²) in [6, 6.07) is 7.65. The van der Waals surface area contributed by atoms with Crippen LogP contribution in [0, 0.1) is 0 Å². The van der Waals surface area contributed by atoms with E-state index in [1.807, 2.05) is 24.3 Å². The minimum atomic E-state index is 0.404. The molecule has 1 fully saturated rings. The summed E-state index contributed by atoms with van der Waals surface area (Å²) in [5.41, 5.74) is 6.47. The molecule has 2 N–H and O–H groups in total. The molecule has 0 unspecified atom stereocenters. The summed E-state index contributed by atoms with van der Waals surface area (Å²) in [5, 5.41) is 0. The first-order chi connectivity index (χ1) is 10.2. The molecule has 1 aromatic rings. The van der Waals surface area contributed by atoms with Crippen molar-refractivity contribution in [1.82, 2.24) is 4.90 Å². The van der Waals surface area contributed by atoms with Crippen LogP contribution in [0.4, 0.5) is 0 Å². The van der Waals surface area contributed by atoms with E-state index in [-0.39, 0.29) is 0 Å². The van der Waals surface area contributed by atoms with Crippen molar-refractivity contribution in [3.05, 3.63) is 29.8 Å². The number of piperidine rings is 1. The summed E-state index contributed by atoms with van der Waals surface area (Å²) in [6.07, 6.45) is 3.73. The van der Waals surface area contributed by atoms with Gasteiger partial charge in [-0.15, -0.1) is 0 Å². The molecular formula is C16H24N2O2S. The zero-order chi connectivity index (χ0) is 15.1. The average molecular weight is 308 g/mol. The zero-order valence-corrected chi connectivity index (χ0v) is 13.4. The molecule has 1 aliphatic rings. The van der Waals surface area contributed by atoms with Crippen LogP contribution in [0.25, 0.3) is 0 Å². The molecule has 0 aliphatic carbocycles. The number of rotatable bonds is 7. The normalized spacial score (nSPS) is 16.8. The average Bonchev–Trinajstić information content (AvgIpc) is 2.52. The third-order valence-corrected chi connectivity index (χ3v) is 4.11. The van der Waals surface area contributed by atoms with Gasteiger partial charge in [0.2, 0.25) is 0 Å². The maximum atomic E-state index is 5.76. The molecule has 1 saturated heterocycles. The molecule has 0 amide bonds. The molecule has 0 atom stereocenters. The van der Waals surface area contributed by atoms with Crippen LogP contribution in [0.3, 0.4) is 0 Å². The Kier molecular flexibility index (Phi) is 6.42. The Balaban J connectivity index is 1.66. The molecule has 0 radical (unpaired) electrons. The summed E-state index contributed by atoms with van der Waals surface area (Å²) in [5.74, 6) is 0.832. The lowest BCUT2D eigenvalue weighted by Crippen LogP contribution is -2.37. The summed E-state index contributed by atoms with van der Waals surface area (Å²) in [4.78, 5) is 2.88. The summed E-state index contributed by atoms with van der Waals surface area (Å²) in [6.45, 7) is 4.03. The molecule has 4 nitrogen and oxygen atoms in total. The van der Waals surface area contributed by atoms with Gasteiger partial charge < -0.3 is 20.1 Å². The molecule has 1 aromatic carbocycles. The SMILES string of the molecule is COC1CCN(CCCOc2cccc(C(N)=S)c2)CC1. The van der Waals surface area contributed by atoms with Crippen LogP contribution in [0.5, 0.6) is 5.75 Å². The molecule has 0 bridgehead atoms. The van der Waals surface area contributed by atoms with E-state index in [2.05, 4.69) is 4.90 Å². The van der Waals surface area contributed by atoms with Crippen molar-refractivity contribution in [1.29, 1.82) is 0 Å². The van der Waals surface area contributed by atoms with E-state index >= 15 is 0 Å². The number of thiocarbonyl (C=S) groups is 1. The Morgan fingerprint density at radius 2 is 2.14 bits per heavy atom. The Morgan fingerprint density at radius 1 is 1.38 bits per heavy atom. The predicted molar refractivity (Wildman–Crippen MR) is 88.9 cm³/mol. The third-order valence-electron chi connectivity index (χ3n) is 3.87. The molecule has 116 valence electrons. The van der Waals surface area contributed by atoms with Gasteiger partial charge in [-0.3, -0.25) is 0 Å². The van der Waals surface area contributed by atoms with Gasteiger partial charge in [-0.05, 0) is 31.4 Å². The Labute approximate surface area is 132 Å². The number of hydrogen-bond donors (Lipinski definition) is 1. The number of ether oxygens (including phenoxy) is 2. The Bertz CT molecular complexity index is 459. The maximum Gasteiger partial charge on any atom is 0.119 e. The quantitative estimate of drug-likeness (QED) is 0.618. The second-order valence-corrected chi connectivity index (χ2v) is 5.81. The highest BCUT2D eigenvalue weighted by atomic mass is 32.1. The van der Waals surface area contributed by atoms with E-state index in [1.165, 1.54) is 0 Å².